The predicted octanol–water partition coefficient (Wildman–Crippen LogP) is 3.01. The van der Waals surface area contributed by atoms with Gasteiger partial charge in [0.05, 0.1) is 12.2 Å². The number of pyridine rings is 1. The van der Waals surface area contributed by atoms with E-state index in [4.69, 9.17) is 4.74 Å². The first-order valence-electron chi connectivity index (χ1n) is 11.2. The standard InChI is InChI=1S/C24H32N4O4/c1-5-32-24(31)20-16(3)21(27-17(20)4)23(30)28-11-8-19(9-12-28)15(2)22(29)26-14-18-7-6-10-25-13-18/h6-7,10,13,15,19,27H,5,8-9,11-12,14H2,1-4H3,(H,26,29)/t15-/m1/s1. The first kappa shape index (κ1) is 23.5. The summed E-state index contributed by atoms with van der Waals surface area (Å²) >= 11 is 0. The molecule has 32 heavy (non-hydrogen) atoms. The van der Waals surface area contributed by atoms with Gasteiger partial charge in [-0.25, -0.2) is 4.79 Å². The largest absolute Gasteiger partial charge is 0.462 e. The lowest BCUT2D eigenvalue weighted by Crippen LogP contribution is -2.42. The molecule has 8 heteroatoms. The Balaban J connectivity index is 1.56. The van der Waals surface area contributed by atoms with Crippen molar-refractivity contribution in [2.75, 3.05) is 19.7 Å². The molecule has 2 aromatic rings. The SMILES string of the molecule is CCOC(=O)c1c(C)[nH]c(C(=O)N2CCC([C@@H](C)C(=O)NCc3cccnc3)CC2)c1C. The van der Waals surface area contributed by atoms with E-state index >= 15 is 0 Å². The fourth-order valence-corrected chi connectivity index (χ4v) is 4.30. The smallest absolute Gasteiger partial charge is 0.340 e. The summed E-state index contributed by atoms with van der Waals surface area (Å²) in [5, 5.41) is 2.98. The number of amides is 2. The maximum absolute atomic E-state index is 13.1. The molecule has 0 unspecified atom stereocenters. The zero-order chi connectivity index (χ0) is 23.3. The average Bonchev–Trinajstić information content (AvgIpc) is 3.11. The van der Waals surface area contributed by atoms with Crippen LogP contribution in [-0.2, 0) is 16.1 Å². The summed E-state index contributed by atoms with van der Waals surface area (Å²) in [5.74, 6) is -0.423. The second kappa shape index (κ2) is 10.4. The number of rotatable bonds is 7. The van der Waals surface area contributed by atoms with Crippen molar-refractivity contribution >= 4 is 17.8 Å². The van der Waals surface area contributed by atoms with E-state index in [0.29, 0.717) is 42.1 Å². The third kappa shape index (κ3) is 5.18. The molecule has 2 N–H and O–H groups in total. The van der Waals surface area contributed by atoms with E-state index in [1.54, 1.807) is 38.1 Å². The number of aromatic amines is 1. The minimum absolute atomic E-state index is 0.0218. The highest BCUT2D eigenvalue weighted by Gasteiger charge is 2.32. The van der Waals surface area contributed by atoms with Gasteiger partial charge in [0, 0.05) is 43.6 Å². The van der Waals surface area contributed by atoms with Crippen LogP contribution in [0.2, 0.25) is 0 Å². The highest BCUT2D eigenvalue weighted by atomic mass is 16.5. The second-order valence-corrected chi connectivity index (χ2v) is 8.34. The van der Waals surface area contributed by atoms with Crippen LogP contribution in [0, 0.1) is 25.7 Å². The Morgan fingerprint density at radius 1 is 1.28 bits per heavy atom. The Morgan fingerprint density at radius 3 is 2.62 bits per heavy atom. The van der Waals surface area contributed by atoms with Crippen molar-refractivity contribution in [2.45, 2.75) is 47.1 Å². The quantitative estimate of drug-likeness (QED) is 0.644. The fraction of sp³-hybridized carbons (Fsp3) is 0.500. The number of hydrogen-bond acceptors (Lipinski definition) is 5. The van der Waals surface area contributed by atoms with Gasteiger partial charge in [0.1, 0.15) is 5.69 Å². The Labute approximate surface area is 188 Å². The van der Waals surface area contributed by atoms with Crippen LogP contribution in [0.3, 0.4) is 0 Å². The summed E-state index contributed by atoms with van der Waals surface area (Å²) in [5.41, 5.74) is 3.09. The summed E-state index contributed by atoms with van der Waals surface area (Å²) < 4.78 is 5.11. The Bertz CT molecular complexity index is 962. The van der Waals surface area contributed by atoms with E-state index in [9.17, 15) is 14.4 Å². The van der Waals surface area contributed by atoms with Crippen LogP contribution < -0.4 is 5.32 Å². The molecule has 2 aromatic heterocycles. The number of carbonyl (C=O) groups is 3. The molecule has 3 heterocycles. The number of H-pyrrole nitrogens is 1. The number of esters is 1. The minimum Gasteiger partial charge on any atom is -0.462 e. The van der Waals surface area contributed by atoms with Gasteiger partial charge in [-0.05, 0) is 56.7 Å². The molecule has 0 saturated carbocycles. The van der Waals surface area contributed by atoms with Crippen LogP contribution in [0.4, 0.5) is 0 Å². The third-order valence-corrected chi connectivity index (χ3v) is 6.27. The van der Waals surface area contributed by atoms with Crippen LogP contribution >= 0.6 is 0 Å². The van der Waals surface area contributed by atoms with Crippen molar-refractivity contribution in [3.8, 4) is 0 Å². The topological polar surface area (TPSA) is 104 Å². The number of aryl methyl sites for hydroxylation is 1. The van der Waals surface area contributed by atoms with E-state index in [0.717, 1.165) is 18.4 Å². The van der Waals surface area contributed by atoms with E-state index in [-0.39, 0.29) is 30.3 Å². The second-order valence-electron chi connectivity index (χ2n) is 8.34. The number of ether oxygens (including phenoxy) is 1. The highest BCUT2D eigenvalue weighted by Crippen LogP contribution is 2.27. The summed E-state index contributed by atoms with van der Waals surface area (Å²) in [7, 11) is 0. The van der Waals surface area contributed by atoms with Gasteiger partial charge in [-0.2, -0.15) is 0 Å². The minimum atomic E-state index is -0.414. The lowest BCUT2D eigenvalue weighted by molar-refractivity contribution is -0.126. The molecule has 1 aliphatic heterocycles. The summed E-state index contributed by atoms with van der Waals surface area (Å²) in [6.07, 6.45) is 4.97. The van der Waals surface area contributed by atoms with Crippen molar-refractivity contribution in [3.05, 3.63) is 52.6 Å². The van der Waals surface area contributed by atoms with Gasteiger partial charge in [0.25, 0.3) is 5.91 Å². The first-order valence-corrected chi connectivity index (χ1v) is 11.2. The number of hydrogen-bond donors (Lipinski definition) is 2. The average molecular weight is 441 g/mol. The zero-order valence-electron chi connectivity index (χ0n) is 19.2. The van der Waals surface area contributed by atoms with Crippen LogP contribution in [0.5, 0.6) is 0 Å². The van der Waals surface area contributed by atoms with Crippen molar-refractivity contribution < 1.29 is 19.1 Å². The molecule has 0 radical (unpaired) electrons. The van der Waals surface area contributed by atoms with Gasteiger partial charge in [-0.1, -0.05) is 13.0 Å². The molecule has 0 bridgehead atoms. The summed E-state index contributed by atoms with van der Waals surface area (Å²) in [4.78, 5) is 46.8. The molecule has 1 aliphatic rings. The molecule has 2 amide bonds. The van der Waals surface area contributed by atoms with Crippen molar-refractivity contribution in [3.63, 3.8) is 0 Å². The normalized spacial score (nSPS) is 15.3. The van der Waals surface area contributed by atoms with Crippen LogP contribution in [-0.4, -0.2) is 52.3 Å². The number of piperidine rings is 1. The molecule has 1 atom stereocenters. The van der Waals surface area contributed by atoms with Gasteiger partial charge in [0.15, 0.2) is 0 Å². The zero-order valence-corrected chi connectivity index (χ0v) is 19.2. The van der Waals surface area contributed by atoms with Gasteiger partial charge < -0.3 is 19.9 Å². The summed E-state index contributed by atoms with van der Waals surface area (Å²) in [6, 6.07) is 3.78. The predicted molar refractivity (Wildman–Crippen MR) is 120 cm³/mol. The Hall–Kier alpha value is -3.16. The number of aromatic nitrogens is 2. The van der Waals surface area contributed by atoms with E-state index in [2.05, 4.69) is 15.3 Å². The molecule has 0 aliphatic carbocycles. The number of likely N-dealkylation sites (tertiary alicyclic amines) is 1. The third-order valence-electron chi connectivity index (χ3n) is 6.27. The van der Waals surface area contributed by atoms with Gasteiger partial charge in [0.2, 0.25) is 5.91 Å². The summed E-state index contributed by atoms with van der Waals surface area (Å²) in [6.45, 7) is 9.15. The molecule has 1 saturated heterocycles. The van der Waals surface area contributed by atoms with Crippen LogP contribution in [0.1, 0.15) is 64.4 Å². The van der Waals surface area contributed by atoms with Gasteiger partial charge in [-0.15, -0.1) is 0 Å². The lowest BCUT2D eigenvalue weighted by Gasteiger charge is -2.34. The number of carbonyl (C=O) groups excluding carboxylic acids is 3. The van der Waals surface area contributed by atoms with Crippen molar-refractivity contribution in [1.29, 1.82) is 0 Å². The lowest BCUT2D eigenvalue weighted by atomic mass is 9.84. The van der Waals surface area contributed by atoms with Crippen LogP contribution in [0.15, 0.2) is 24.5 Å². The molecule has 1 fully saturated rings. The van der Waals surface area contributed by atoms with E-state index in [1.165, 1.54) is 0 Å². The molecule has 0 spiro atoms. The van der Waals surface area contributed by atoms with Crippen molar-refractivity contribution in [2.24, 2.45) is 11.8 Å². The van der Waals surface area contributed by atoms with Gasteiger partial charge >= 0.3 is 5.97 Å². The van der Waals surface area contributed by atoms with E-state index in [1.807, 2.05) is 19.1 Å². The molecule has 0 aromatic carbocycles. The molecule has 3 rings (SSSR count). The molecule has 8 nitrogen and oxygen atoms in total. The number of nitrogens with zero attached hydrogens (tertiary/aromatic N) is 2. The first-order chi connectivity index (χ1) is 15.3. The Kier molecular flexibility index (Phi) is 7.66. The molecule has 172 valence electrons. The maximum atomic E-state index is 13.1. The molecular formula is C24H32N4O4. The van der Waals surface area contributed by atoms with Crippen molar-refractivity contribution in [1.82, 2.24) is 20.2 Å². The molecular weight excluding hydrogens is 408 g/mol. The van der Waals surface area contributed by atoms with E-state index < -0.39 is 5.97 Å². The highest BCUT2D eigenvalue weighted by molar-refractivity contribution is 6.00. The Morgan fingerprint density at radius 2 is 2.00 bits per heavy atom. The monoisotopic (exact) mass is 440 g/mol. The maximum Gasteiger partial charge on any atom is 0.340 e. The fourth-order valence-electron chi connectivity index (χ4n) is 4.30. The number of nitrogens with one attached hydrogen (secondary N) is 2. The van der Waals surface area contributed by atoms with Gasteiger partial charge in [-0.3, -0.25) is 14.6 Å². The van der Waals surface area contributed by atoms with Crippen LogP contribution in [0.25, 0.3) is 0 Å².